The Labute approximate surface area is 234 Å². The van der Waals surface area contributed by atoms with Gasteiger partial charge in [-0.2, -0.15) is 5.10 Å². The molecule has 1 atom stereocenters. The molecule has 1 aromatic heterocycles. The number of hydrogen-bond donors (Lipinski definition) is 3. The van der Waals surface area contributed by atoms with Crippen LogP contribution in [-0.2, 0) is 11.2 Å². The van der Waals surface area contributed by atoms with Crippen LogP contribution in [0.3, 0.4) is 0 Å². The molecule has 1 saturated heterocycles. The normalized spacial score (nSPS) is 21.4. The van der Waals surface area contributed by atoms with Crippen molar-refractivity contribution in [3.8, 4) is 11.5 Å². The fourth-order valence-electron chi connectivity index (χ4n) is 6.24. The third-order valence-electron chi connectivity index (χ3n) is 9.10. The van der Waals surface area contributed by atoms with Gasteiger partial charge in [-0.25, -0.2) is 0 Å². The van der Waals surface area contributed by atoms with E-state index < -0.39 is 0 Å². The topological polar surface area (TPSA) is 90.5 Å². The molecule has 0 aliphatic carbocycles. The number of H-pyrrole nitrogens is 1. The lowest BCUT2D eigenvalue weighted by Crippen LogP contribution is -2.43. The Morgan fingerprint density at radius 2 is 2.03 bits per heavy atom. The van der Waals surface area contributed by atoms with Gasteiger partial charge in [0, 0.05) is 28.9 Å². The first-order valence-electron chi connectivity index (χ1n) is 14.1. The lowest BCUT2D eigenvalue weighted by atomic mass is 9.85. The second-order valence-corrected chi connectivity index (χ2v) is 12.8. The van der Waals surface area contributed by atoms with Crippen LogP contribution in [0.2, 0.25) is 0 Å². The molecule has 3 aliphatic rings. The average Bonchev–Trinajstić information content (AvgIpc) is 3.37. The number of amides is 1. The maximum atomic E-state index is 13.0. The van der Waals surface area contributed by atoms with Crippen molar-refractivity contribution in [2.24, 2.45) is 5.92 Å². The number of carbonyl (C=O) groups excluding carboxylic acids is 1. The number of aromatic hydroxyl groups is 1. The van der Waals surface area contributed by atoms with Crippen LogP contribution in [0.15, 0.2) is 28.0 Å². The first-order chi connectivity index (χ1) is 18.7. The summed E-state index contributed by atoms with van der Waals surface area (Å²) in [6.07, 6.45) is 7.00. The minimum absolute atomic E-state index is 0.00331. The third kappa shape index (κ3) is 4.93. The second-order valence-electron chi connectivity index (χ2n) is 11.7. The quantitative estimate of drug-likeness (QED) is 0.371. The molecule has 3 aromatic rings. The summed E-state index contributed by atoms with van der Waals surface area (Å²) in [5, 5.41) is 22.2. The standard InChI is InChI=1S/C31H38N4O3S/c1-18-19(2)29-22(20(3)28(18)36)8-11-31(4,38-29)12-15-35-13-9-21(10-14-35)17-32-30(37)26-16-24-27-23(33-34-24)6-5-7-25(27)39-26/h5-7,16,21,36H,8-15,17H2,1-4H3,(H,32,37)(H,33,34). The maximum absolute atomic E-state index is 13.0. The van der Waals surface area contributed by atoms with Gasteiger partial charge in [0.1, 0.15) is 17.1 Å². The predicted molar refractivity (Wildman–Crippen MR) is 156 cm³/mol. The molecule has 1 unspecified atom stereocenters. The molecular formula is C31H38N4O3S. The first kappa shape index (κ1) is 26.3. The molecule has 1 fully saturated rings. The summed E-state index contributed by atoms with van der Waals surface area (Å²) >= 11 is 1.52. The molecular weight excluding hydrogens is 508 g/mol. The monoisotopic (exact) mass is 546 g/mol. The number of nitrogens with one attached hydrogen (secondary N) is 2. The summed E-state index contributed by atoms with van der Waals surface area (Å²) in [4.78, 5) is 17.3. The largest absolute Gasteiger partial charge is 0.507 e. The summed E-state index contributed by atoms with van der Waals surface area (Å²) in [5.74, 6) is 1.89. The van der Waals surface area contributed by atoms with Crippen molar-refractivity contribution in [3.63, 3.8) is 0 Å². The smallest absolute Gasteiger partial charge is 0.258 e. The van der Waals surface area contributed by atoms with Crippen LogP contribution in [0.4, 0.5) is 0 Å². The van der Waals surface area contributed by atoms with Gasteiger partial charge in [0.15, 0.2) is 0 Å². The highest BCUT2D eigenvalue weighted by atomic mass is 32.2. The van der Waals surface area contributed by atoms with E-state index in [4.69, 9.17) is 4.74 Å². The zero-order chi connectivity index (χ0) is 27.3. The van der Waals surface area contributed by atoms with Crippen molar-refractivity contribution >= 4 is 34.6 Å². The Hall–Kier alpha value is -2.97. The molecule has 4 heterocycles. The highest BCUT2D eigenvalue weighted by molar-refractivity contribution is 8.04. The predicted octanol–water partition coefficient (Wildman–Crippen LogP) is 5.64. The van der Waals surface area contributed by atoms with Crippen molar-refractivity contribution < 1.29 is 14.6 Å². The van der Waals surface area contributed by atoms with Crippen LogP contribution in [0, 0.1) is 26.7 Å². The van der Waals surface area contributed by atoms with Crippen LogP contribution in [0.1, 0.15) is 60.6 Å². The Bertz CT molecular complexity index is 1470. The number of nitrogens with zero attached hydrogens (tertiary/aromatic N) is 2. The zero-order valence-corrected chi connectivity index (χ0v) is 24.1. The highest BCUT2D eigenvalue weighted by Crippen LogP contribution is 2.44. The van der Waals surface area contributed by atoms with Crippen molar-refractivity contribution in [2.75, 3.05) is 26.2 Å². The molecule has 3 N–H and O–H groups in total. The van der Waals surface area contributed by atoms with Gasteiger partial charge in [-0.3, -0.25) is 9.89 Å². The molecule has 0 saturated carbocycles. The van der Waals surface area contributed by atoms with Crippen LogP contribution in [0.25, 0.3) is 17.0 Å². The summed E-state index contributed by atoms with van der Waals surface area (Å²) in [7, 11) is 0. The summed E-state index contributed by atoms with van der Waals surface area (Å²) in [5.41, 5.74) is 5.77. The third-order valence-corrected chi connectivity index (χ3v) is 10.2. The molecule has 0 spiro atoms. The molecule has 39 heavy (non-hydrogen) atoms. The summed E-state index contributed by atoms with van der Waals surface area (Å²) in [6, 6.07) is 6.02. The Kier molecular flexibility index (Phi) is 6.88. The number of piperidine rings is 1. The molecule has 1 amide bonds. The van der Waals surface area contributed by atoms with E-state index in [1.54, 1.807) is 0 Å². The van der Waals surface area contributed by atoms with Crippen molar-refractivity contribution in [2.45, 2.75) is 70.3 Å². The number of likely N-dealkylation sites (tertiary alicyclic amines) is 1. The number of benzene rings is 2. The van der Waals surface area contributed by atoms with Gasteiger partial charge in [-0.1, -0.05) is 17.8 Å². The SMILES string of the molecule is Cc1c(C)c2c(c(C)c1O)CCC(C)(CCN1CCC(CNC(=O)C3=Cc4[nH]nc5cccc(c45)S3)CC1)O2. The fourth-order valence-corrected chi connectivity index (χ4v) is 7.29. The van der Waals surface area contributed by atoms with Crippen molar-refractivity contribution in [3.05, 3.63) is 51.1 Å². The molecule has 8 heteroatoms. The number of rotatable bonds is 6. The van der Waals surface area contributed by atoms with Crippen LogP contribution >= 0.6 is 11.8 Å². The van der Waals surface area contributed by atoms with Gasteiger partial charge in [0.05, 0.1) is 16.1 Å². The first-order valence-corrected chi connectivity index (χ1v) is 14.9. The molecule has 2 aromatic carbocycles. The number of ether oxygens (including phenoxy) is 1. The van der Waals surface area contributed by atoms with E-state index in [2.05, 4.69) is 34.3 Å². The van der Waals surface area contributed by atoms with Gasteiger partial charge in [-0.05, 0) is 114 Å². The lowest BCUT2D eigenvalue weighted by molar-refractivity contribution is -0.117. The van der Waals surface area contributed by atoms with E-state index in [0.717, 1.165) is 101 Å². The number of thioether (sulfide) groups is 1. The minimum Gasteiger partial charge on any atom is -0.507 e. The number of fused-ring (bicyclic) bond motifs is 1. The lowest BCUT2D eigenvalue weighted by Gasteiger charge is -2.40. The highest BCUT2D eigenvalue weighted by Gasteiger charge is 2.35. The van der Waals surface area contributed by atoms with Crippen molar-refractivity contribution in [1.29, 1.82) is 0 Å². The zero-order valence-electron chi connectivity index (χ0n) is 23.3. The number of aromatic amines is 1. The van der Waals surface area contributed by atoms with E-state index in [1.807, 2.05) is 38.1 Å². The van der Waals surface area contributed by atoms with E-state index >= 15 is 0 Å². The van der Waals surface area contributed by atoms with Crippen LogP contribution in [-0.4, -0.2) is 57.9 Å². The Balaban J connectivity index is 0.981. The number of phenols is 1. The van der Waals surface area contributed by atoms with Gasteiger partial charge < -0.3 is 20.1 Å². The summed E-state index contributed by atoms with van der Waals surface area (Å²) < 4.78 is 6.64. The van der Waals surface area contributed by atoms with Gasteiger partial charge in [0.25, 0.3) is 5.91 Å². The van der Waals surface area contributed by atoms with E-state index in [1.165, 1.54) is 17.3 Å². The maximum Gasteiger partial charge on any atom is 0.258 e. The number of phenolic OH excluding ortho intramolecular Hbond substituents is 1. The number of carbonyl (C=O) groups is 1. The van der Waals surface area contributed by atoms with Gasteiger partial charge in [0.2, 0.25) is 0 Å². The van der Waals surface area contributed by atoms with Crippen LogP contribution in [0.5, 0.6) is 11.5 Å². The molecule has 0 bridgehead atoms. The Morgan fingerprint density at radius 1 is 1.23 bits per heavy atom. The van der Waals surface area contributed by atoms with E-state index in [0.29, 0.717) is 18.2 Å². The van der Waals surface area contributed by atoms with Gasteiger partial charge >= 0.3 is 0 Å². The summed E-state index contributed by atoms with van der Waals surface area (Å²) in [6.45, 7) is 12.1. The number of aromatic nitrogens is 2. The fraction of sp³-hybridized carbons (Fsp3) is 0.484. The molecule has 3 aliphatic heterocycles. The van der Waals surface area contributed by atoms with E-state index in [9.17, 15) is 9.90 Å². The van der Waals surface area contributed by atoms with Gasteiger partial charge in [-0.15, -0.1) is 0 Å². The number of hydrogen-bond acceptors (Lipinski definition) is 6. The molecule has 7 nitrogen and oxygen atoms in total. The minimum atomic E-state index is -0.192. The molecule has 206 valence electrons. The van der Waals surface area contributed by atoms with Crippen LogP contribution < -0.4 is 10.1 Å². The second kappa shape index (κ2) is 10.2. The molecule has 0 radical (unpaired) electrons. The molecule has 6 rings (SSSR count). The average molecular weight is 547 g/mol. The van der Waals surface area contributed by atoms with Crippen molar-refractivity contribution in [1.82, 2.24) is 20.4 Å². The van der Waals surface area contributed by atoms with E-state index in [-0.39, 0.29) is 11.5 Å². The Morgan fingerprint density at radius 3 is 2.82 bits per heavy atom.